The van der Waals surface area contributed by atoms with Gasteiger partial charge >= 0.3 is 18.2 Å². The van der Waals surface area contributed by atoms with E-state index in [1.54, 1.807) is 73.7 Å². The summed E-state index contributed by atoms with van der Waals surface area (Å²) >= 11 is 0. The maximum absolute atomic E-state index is 13.6. The molecule has 3 aromatic rings. The molecular weight excluding hydrogens is 513 g/mol. The summed E-state index contributed by atoms with van der Waals surface area (Å²) in [6.45, 7) is 1.57. The normalized spacial score (nSPS) is 16.1. The molecule has 11 heteroatoms. The van der Waals surface area contributed by atoms with Crippen molar-refractivity contribution in [3.8, 4) is 11.1 Å². The highest BCUT2D eigenvalue weighted by Crippen LogP contribution is 2.48. The van der Waals surface area contributed by atoms with Crippen molar-refractivity contribution in [1.29, 1.82) is 5.53 Å². The summed E-state index contributed by atoms with van der Waals surface area (Å²) in [5.74, 6) is -1.75. The van der Waals surface area contributed by atoms with Crippen molar-refractivity contribution in [3.63, 3.8) is 0 Å². The first-order valence-corrected chi connectivity index (χ1v) is 12.0. The number of amidine groups is 1. The van der Waals surface area contributed by atoms with Crippen LogP contribution >= 0.6 is 0 Å². The fourth-order valence-corrected chi connectivity index (χ4v) is 4.13. The average Bonchev–Trinajstić information content (AvgIpc) is 3.72. The van der Waals surface area contributed by atoms with E-state index in [1.165, 1.54) is 12.1 Å². The second kappa shape index (κ2) is 11.1. The summed E-state index contributed by atoms with van der Waals surface area (Å²) in [6, 6.07) is 19.2. The predicted octanol–water partition coefficient (Wildman–Crippen LogP) is 6.95. The first-order valence-electron chi connectivity index (χ1n) is 12.0. The first kappa shape index (κ1) is 27.5. The molecule has 4 rings (SSSR count). The predicted molar refractivity (Wildman–Crippen MR) is 137 cm³/mol. The highest BCUT2D eigenvalue weighted by atomic mass is 19.4. The van der Waals surface area contributed by atoms with Crippen LogP contribution in [0.2, 0.25) is 0 Å². The van der Waals surface area contributed by atoms with Crippen molar-refractivity contribution in [2.75, 3.05) is 0 Å². The van der Waals surface area contributed by atoms with Gasteiger partial charge in [0.2, 0.25) is 6.04 Å². The number of halogens is 3. The van der Waals surface area contributed by atoms with E-state index in [1.807, 2.05) is 5.32 Å². The summed E-state index contributed by atoms with van der Waals surface area (Å²) in [7, 11) is 0. The molecule has 3 N–H and O–H groups in total. The lowest BCUT2D eigenvalue weighted by molar-refractivity contribution is -0.140. The van der Waals surface area contributed by atoms with Crippen LogP contribution in [0.5, 0.6) is 0 Å². The highest BCUT2D eigenvalue weighted by molar-refractivity contribution is 6.00. The van der Waals surface area contributed by atoms with Crippen LogP contribution in [0, 0.1) is 5.53 Å². The minimum Gasteiger partial charge on any atom is -0.481 e. The number of ether oxygens (including phenoxy) is 1. The number of alkyl carbamates (subject to hydrolysis) is 1. The van der Waals surface area contributed by atoms with Crippen LogP contribution < -0.4 is 5.32 Å². The molecule has 0 spiro atoms. The molecule has 1 aliphatic carbocycles. The van der Waals surface area contributed by atoms with Gasteiger partial charge in [-0.25, -0.2) is 15.3 Å². The molecule has 0 bridgehead atoms. The molecule has 8 nitrogen and oxygen atoms in total. The number of hydrogen-bond donors (Lipinski definition) is 3. The van der Waals surface area contributed by atoms with Crippen molar-refractivity contribution in [1.82, 2.24) is 5.32 Å². The topological polar surface area (TPSA) is 124 Å². The van der Waals surface area contributed by atoms with Crippen molar-refractivity contribution >= 4 is 23.6 Å². The molecule has 1 amide bonds. The Labute approximate surface area is 222 Å². The van der Waals surface area contributed by atoms with Gasteiger partial charge in [0.25, 0.3) is 0 Å². The zero-order valence-electron chi connectivity index (χ0n) is 20.8. The minimum atomic E-state index is -4.98. The van der Waals surface area contributed by atoms with Crippen LogP contribution in [0.25, 0.3) is 11.1 Å². The lowest BCUT2D eigenvalue weighted by Crippen LogP contribution is -2.45. The molecular formula is C28H25F3N4O4. The third-order valence-electron chi connectivity index (χ3n) is 6.53. The number of nitrogens with one attached hydrogen (secondary N) is 2. The summed E-state index contributed by atoms with van der Waals surface area (Å²) in [6.07, 6.45) is -5.72. The highest BCUT2D eigenvalue weighted by Gasteiger charge is 2.51. The third kappa shape index (κ3) is 6.31. The molecule has 0 radical (unpaired) electrons. The Morgan fingerprint density at radius 2 is 1.54 bits per heavy atom. The number of aliphatic imine (C=N–C) groups is 1. The lowest BCUT2D eigenvalue weighted by Gasteiger charge is -2.19. The van der Waals surface area contributed by atoms with Gasteiger partial charge in [0.15, 0.2) is 0 Å². The summed E-state index contributed by atoms with van der Waals surface area (Å²) in [5.41, 5.74) is 9.20. The number of carboxylic acid groups (broad SMARTS) is 1. The van der Waals surface area contributed by atoms with E-state index in [4.69, 9.17) is 10.3 Å². The number of benzene rings is 3. The van der Waals surface area contributed by atoms with Crippen molar-refractivity contribution in [3.05, 3.63) is 90.0 Å². The van der Waals surface area contributed by atoms with E-state index < -0.39 is 41.6 Å². The maximum Gasteiger partial charge on any atom is 0.419 e. The van der Waals surface area contributed by atoms with E-state index >= 15 is 0 Å². The summed E-state index contributed by atoms with van der Waals surface area (Å²) in [4.78, 5) is 27.9. The van der Waals surface area contributed by atoms with Crippen LogP contribution in [-0.4, -0.2) is 35.2 Å². The van der Waals surface area contributed by atoms with Crippen LogP contribution in [-0.2, 0) is 14.9 Å². The molecule has 1 fully saturated rings. The second-order valence-corrected chi connectivity index (χ2v) is 9.16. The lowest BCUT2D eigenvalue weighted by atomic mass is 9.94. The third-order valence-corrected chi connectivity index (χ3v) is 6.53. The van der Waals surface area contributed by atoms with Gasteiger partial charge in [-0.2, -0.15) is 18.3 Å². The monoisotopic (exact) mass is 538 g/mol. The molecule has 0 heterocycles. The number of aliphatic carboxylic acids is 1. The van der Waals surface area contributed by atoms with E-state index in [2.05, 4.69) is 10.1 Å². The first-order chi connectivity index (χ1) is 18.5. The molecule has 1 saturated carbocycles. The van der Waals surface area contributed by atoms with Crippen molar-refractivity contribution in [2.24, 2.45) is 10.1 Å². The Bertz CT molecular complexity index is 1370. The Morgan fingerprint density at radius 3 is 2.03 bits per heavy atom. The summed E-state index contributed by atoms with van der Waals surface area (Å²) in [5, 5.41) is 14.1. The standard InChI is InChI=1S/C28H25F3N4O4/c1-17(18-5-3-2-4-6-18)39-26(38)34-24(23(35-32)28(29,30)31)33-22-13-9-20(10-14-22)19-7-11-21(12-8-19)27(15-16-27)25(36)37/h2-14,17,23,32H,15-16H2,1H3,(H,36,37)(H,33,34,38). The Balaban J connectivity index is 1.54. The second-order valence-electron chi connectivity index (χ2n) is 9.16. The molecule has 2 unspecified atom stereocenters. The molecule has 2 atom stereocenters. The Hall–Kier alpha value is -4.54. The zero-order chi connectivity index (χ0) is 28.2. The average molecular weight is 539 g/mol. The number of alkyl halides is 3. The molecule has 202 valence electrons. The Kier molecular flexibility index (Phi) is 7.80. The van der Waals surface area contributed by atoms with Crippen molar-refractivity contribution < 1.29 is 32.6 Å². The van der Waals surface area contributed by atoms with E-state index in [9.17, 15) is 27.9 Å². The van der Waals surface area contributed by atoms with Crippen LogP contribution in [0.15, 0.2) is 89.0 Å². The van der Waals surface area contributed by atoms with Gasteiger partial charge in [-0.15, -0.1) is 0 Å². The van der Waals surface area contributed by atoms with Gasteiger partial charge in [0, 0.05) is 0 Å². The molecule has 3 aromatic carbocycles. The van der Waals surface area contributed by atoms with Crippen molar-refractivity contribution in [2.45, 2.75) is 43.5 Å². The molecule has 39 heavy (non-hydrogen) atoms. The SMILES string of the molecule is CC(OC(=O)NC(=Nc1ccc(-c2ccc(C3(C(=O)O)CC3)cc2)cc1)C(N=N)C(F)(F)F)c1ccccc1. The van der Waals surface area contributed by atoms with Crippen LogP contribution in [0.3, 0.4) is 0 Å². The number of carboxylic acids is 1. The van der Waals surface area contributed by atoms with E-state index in [-0.39, 0.29) is 5.69 Å². The number of hydrogen-bond acceptors (Lipinski definition) is 6. The Morgan fingerprint density at radius 1 is 0.974 bits per heavy atom. The quantitative estimate of drug-likeness (QED) is 0.163. The number of carbonyl (C=O) groups excluding carboxylic acids is 1. The number of rotatable bonds is 8. The van der Waals surface area contributed by atoms with Gasteiger partial charge in [-0.05, 0) is 54.2 Å². The van der Waals surface area contributed by atoms with Gasteiger partial charge in [-0.3, -0.25) is 10.1 Å². The zero-order valence-corrected chi connectivity index (χ0v) is 20.8. The van der Waals surface area contributed by atoms with E-state index in [0.29, 0.717) is 18.4 Å². The number of amides is 1. The largest absolute Gasteiger partial charge is 0.481 e. The fourth-order valence-electron chi connectivity index (χ4n) is 4.13. The number of carbonyl (C=O) groups is 2. The van der Waals surface area contributed by atoms with Gasteiger partial charge in [-0.1, -0.05) is 66.7 Å². The fraction of sp³-hybridized carbons (Fsp3) is 0.250. The number of nitrogens with zero attached hydrogens (tertiary/aromatic N) is 2. The minimum absolute atomic E-state index is 0.0856. The molecule has 0 saturated heterocycles. The smallest absolute Gasteiger partial charge is 0.419 e. The van der Waals surface area contributed by atoms with Gasteiger partial charge in [0.1, 0.15) is 11.9 Å². The van der Waals surface area contributed by atoms with Gasteiger partial charge in [0.05, 0.1) is 11.1 Å². The van der Waals surface area contributed by atoms with Gasteiger partial charge < -0.3 is 9.84 Å². The summed E-state index contributed by atoms with van der Waals surface area (Å²) < 4.78 is 46.0. The maximum atomic E-state index is 13.6. The molecule has 0 aliphatic heterocycles. The molecule has 0 aromatic heterocycles. The van der Waals surface area contributed by atoms with E-state index in [0.717, 1.165) is 16.7 Å². The molecule has 1 aliphatic rings. The van der Waals surface area contributed by atoms with Crippen LogP contribution in [0.4, 0.5) is 23.7 Å². The van der Waals surface area contributed by atoms with Crippen LogP contribution in [0.1, 0.15) is 37.0 Å².